The van der Waals surface area contributed by atoms with Crippen LogP contribution in [-0.2, 0) is 6.42 Å². The van der Waals surface area contributed by atoms with Gasteiger partial charge in [0.05, 0.1) is 0 Å². The van der Waals surface area contributed by atoms with Gasteiger partial charge in [-0.25, -0.2) is 0 Å². The monoisotopic (exact) mass is 259 g/mol. The average Bonchev–Trinajstić information content (AvgIpc) is 2.36. The molecule has 0 radical (unpaired) electrons. The molecule has 1 heteroatoms. The molecule has 3 atom stereocenters. The second-order valence-corrected chi connectivity index (χ2v) is 6.71. The van der Waals surface area contributed by atoms with Gasteiger partial charge in [0.15, 0.2) is 0 Å². The van der Waals surface area contributed by atoms with Crippen LogP contribution in [0.3, 0.4) is 0 Å². The van der Waals surface area contributed by atoms with Crippen LogP contribution in [0.4, 0.5) is 0 Å². The first-order valence-corrected chi connectivity index (χ1v) is 7.93. The van der Waals surface area contributed by atoms with Crippen molar-refractivity contribution in [1.29, 1.82) is 0 Å². The van der Waals surface area contributed by atoms with E-state index in [1.54, 1.807) is 0 Å². The number of benzene rings is 1. The Balaban J connectivity index is 1.73. The van der Waals surface area contributed by atoms with Gasteiger partial charge in [0.1, 0.15) is 0 Å². The third kappa shape index (κ3) is 4.99. The summed E-state index contributed by atoms with van der Waals surface area (Å²) in [6.07, 6.45) is 6.56. The van der Waals surface area contributed by atoms with Crippen molar-refractivity contribution in [3.63, 3.8) is 0 Å². The lowest BCUT2D eigenvalue weighted by atomic mass is 9.80. The van der Waals surface area contributed by atoms with Crippen LogP contribution in [0.2, 0.25) is 0 Å². The van der Waals surface area contributed by atoms with Crippen molar-refractivity contribution in [2.45, 2.75) is 65.0 Å². The van der Waals surface area contributed by atoms with Gasteiger partial charge in [0.25, 0.3) is 0 Å². The number of aryl methyl sites for hydroxylation is 1. The lowest BCUT2D eigenvalue weighted by molar-refractivity contribution is 0.226. The molecule has 0 aliphatic heterocycles. The molecule has 0 aromatic heterocycles. The minimum Gasteiger partial charge on any atom is -0.311 e. The van der Waals surface area contributed by atoms with Gasteiger partial charge in [0.2, 0.25) is 0 Å². The lowest BCUT2D eigenvalue weighted by Crippen LogP contribution is -2.41. The van der Waals surface area contributed by atoms with Gasteiger partial charge in [-0.15, -0.1) is 0 Å². The van der Waals surface area contributed by atoms with Crippen molar-refractivity contribution < 1.29 is 0 Å². The van der Waals surface area contributed by atoms with E-state index >= 15 is 0 Å². The molecule has 19 heavy (non-hydrogen) atoms. The molecular weight excluding hydrogens is 230 g/mol. The first-order valence-electron chi connectivity index (χ1n) is 7.93. The Morgan fingerprint density at radius 1 is 1.05 bits per heavy atom. The van der Waals surface area contributed by atoms with Crippen LogP contribution < -0.4 is 5.32 Å². The fraction of sp³-hybridized carbons (Fsp3) is 0.667. The van der Waals surface area contributed by atoms with Gasteiger partial charge in [-0.2, -0.15) is 0 Å². The second-order valence-electron chi connectivity index (χ2n) is 6.71. The predicted octanol–water partition coefficient (Wildman–Crippen LogP) is 4.42. The summed E-state index contributed by atoms with van der Waals surface area (Å²) in [4.78, 5) is 0. The number of nitrogens with one attached hydrogen (secondary N) is 1. The zero-order chi connectivity index (χ0) is 13.7. The zero-order valence-corrected chi connectivity index (χ0v) is 12.7. The minimum absolute atomic E-state index is 0.628. The van der Waals surface area contributed by atoms with Crippen molar-refractivity contribution in [2.75, 3.05) is 0 Å². The quantitative estimate of drug-likeness (QED) is 0.825. The molecular formula is C18H29N. The Kier molecular flexibility index (Phi) is 5.45. The molecule has 2 rings (SSSR count). The maximum absolute atomic E-state index is 3.85. The standard InChI is InChI=1S/C18H29N/c1-14-11-15(2)13-18(12-14)19-16(3)9-10-17-7-5-4-6-8-17/h4-8,14-16,18-19H,9-13H2,1-3H3. The predicted molar refractivity (Wildman–Crippen MR) is 83.3 cm³/mol. The maximum Gasteiger partial charge on any atom is 0.00746 e. The smallest absolute Gasteiger partial charge is 0.00746 e. The third-order valence-corrected chi connectivity index (χ3v) is 4.41. The highest BCUT2D eigenvalue weighted by molar-refractivity contribution is 5.14. The zero-order valence-electron chi connectivity index (χ0n) is 12.7. The molecule has 1 aromatic rings. The largest absolute Gasteiger partial charge is 0.311 e. The van der Waals surface area contributed by atoms with Crippen LogP contribution in [0.5, 0.6) is 0 Å². The Morgan fingerprint density at radius 2 is 1.68 bits per heavy atom. The van der Waals surface area contributed by atoms with Crippen molar-refractivity contribution in [2.24, 2.45) is 11.8 Å². The van der Waals surface area contributed by atoms with Crippen LogP contribution >= 0.6 is 0 Å². The van der Waals surface area contributed by atoms with E-state index in [0.29, 0.717) is 6.04 Å². The number of hydrogen-bond acceptors (Lipinski definition) is 1. The first kappa shape index (κ1) is 14.6. The molecule has 0 heterocycles. The summed E-state index contributed by atoms with van der Waals surface area (Å²) in [6, 6.07) is 12.2. The highest BCUT2D eigenvalue weighted by atomic mass is 14.9. The fourth-order valence-corrected chi connectivity index (χ4v) is 3.60. The van der Waals surface area contributed by atoms with Crippen LogP contribution in [-0.4, -0.2) is 12.1 Å². The van der Waals surface area contributed by atoms with E-state index < -0.39 is 0 Å². The van der Waals surface area contributed by atoms with Gasteiger partial charge in [-0.3, -0.25) is 0 Å². The fourth-order valence-electron chi connectivity index (χ4n) is 3.60. The summed E-state index contributed by atoms with van der Waals surface area (Å²) in [6.45, 7) is 7.14. The molecule has 1 nitrogen and oxygen atoms in total. The summed E-state index contributed by atoms with van der Waals surface area (Å²) >= 11 is 0. The first-order chi connectivity index (χ1) is 9.13. The van der Waals surface area contributed by atoms with Gasteiger partial charge in [-0.1, -0.05) is 44.2 Å². The summed E-state index contributed by atoms with van der Waals surface area (Å²) in [5, 5.41) is 3.85. The van der Waals surface area contributed by atoms with Gasteiger partial charge >= 0.3 is 0 Å². The van der Waals surface area contributed by atoms with Crippen molar-refractivity contribution >= 4 is 0 Å². The highest BCUT2D eigenvalue weighted by Gasteiger charge is 2.24. The van der Waals surface area contributed by atoms with Crippen LogP contribution in [0.15, 0.2) is 30.3 Å². The topological polar surface area (TPSA) is 12.0 Å². The summed E-state index contributed by atoms with van der Waals surface area (Å²) in [7, 11) is 0. The third-order valence-electron chi connectivity index (χ3n) is 4.41. The molecule has 1 saturated carbocycles. The molecule has 106 valence electrons. The molecule has 1 fully saturated rings. The van der Waals surface area contributed by atoms with E-state index in [0.717, 1.165) is 17.9 Å². The van der Waals surface area contributed by atoms with E-state index in [2.05, 4.69) is 56.4 Å². The van der Waals surface area contributed by atoms with E-state index in [9.17, 15) is 0 Å². The Bertz CT molecular complexity index is 349. The summed E-state index contributed by atoms with van der Waals surface area (Å²) in [5.41, 5.74) is 1.46. The molecule has 1 aliphatic rings. The van der Waals surface area contributed by atoms with Gasteiger partial charge in [0, 0.05) is 12.1 Å². The minimum atomic E-state index is 0.628. The molecule has 0 bridgehead atoms. The second kappa shape index (κ2) is 7.09. The molecule has 1 aromatic carbocycles. The normalized spacial score (nSPS) is 29.1. The Morgan fingerprint density at radius 3 is 2.32 bits per heavy atom. The molecule has 3 unspecified atom stereocenters. The average molecular weight is 259 g/mol. The van der Waals surface area contributed by atoms with E-state index in [1.807, 2.05) is 0 Å². The van der Waals surface area contributed by atoms with Gasteiger partial charge < -0.3 is 5.32 Å². The lowest BCUT2D eigenvalue weighted by Gasteiger charge is -2.34. The van der Waals surface area contributed by atoms with Crippen LogP contribution in [0.1, 0.15) is 52.0 Å². The van der Waals surface area contributed by atoms with E-state index in [4.69, 9.17) is 0 Å². The molecule has 0 amide bonds. The highest BCUT2D eigenvalue weighted by Crippen LogP contribution is 2.28. The molecule has 0 saturated heterocycles. The van der Waals surface area contributed by atoms with Crippen molar-refractivity contribution in [3.05, 3.63) is 35.9 Å². The molecule has 1 aliphatic carbocycles. The van der Waals surface area contributed by atoms with E-state index in [1.165, 1.54) is 37.7 Å². The SMILES string of the molecule is CC1CC(C)CC(NC(C)CCc2ccccc2)C1. The summed E-state index contributed by atoms with van der Waals surface area (Å²) < 4.78 is 0. The molecule has 1 N–H and O–H groups in total. The summed E-state index contributed by atoms with van der Waals surface area (Å²) in [5.74, 6) is 1.78. The Labute approximate surface area is 118 Å². The van der Waals surface area contributed by atoms with Crippen LogP contribution in [0.25, 0.3) is 0 Å². The van der Waals surface area contributed by atoms with Gasteiger partial charge in [-0.05, 0) is 56.4 Å². The van der Waals surface area contributed by atoms with Crippen molar-refractivity contribution in [3.8, 4) is 0 Å². The number of hydrogen-bond donors (Lipinski definition) is 1. The number of rotatable bonds is 5. The Hall–Kier alpha value is -0.820. The van der Waals surface area contributed by atoms with Crippen molar-refractivity contribution in [1.82, 2.24) is 5.32 Å². The van der Waals surface area contributed by atoms with E-state index in [-0.39, 0.29) is 0 Å². The van der Waals surface area contributed by atoms with Crippen LogP contribution in [0, 0.1) is 11.8 Å². The molecule has 0 spiro atoms. The maximum atomic E-state index is 3.85.